The molecule has 2 nitrogen and oxygen atoms in total. The smallest absolute Gasteiger partial charge is 0.163 e. The van der Waals surface area contributed by atoms with Crippen molar-refractivity contribution in [2.24, 2.45) is 0 Å². The predicted octanol–water partition coefficient (Wildman–Crippen LogP) is 4.05. The van der Waals surface area contributed by atoms with Crippen molar-refractivity contribution in [3.63, 3.8) is 0 Å². The van der Waals surface area contributed by atoms with E-state index in [1.807, 2.05) is 30.3 Å². The molecular formula is C16H18O2. The van der Waals surface area contributed by atoms with Gasteiger partial charge < -0.3 is 5.11 Å². The Labute approximate surface area is 107 Å². The van der Waals surface area contributed by atoms with Gasteiger partial charge in [-0.1, -0.05) is 45.0 Å². The zero-order valence-corrected chi connectivity index (χ0v) is 11.2. The Morgan fingerprint density at radius 2 is 1.67 bits per heavy atom. The van der Waals surface area contributed by atoms with Gasteiger partial charge in [0.25, 0.3) is 0 Å². The lowest BCUT2D eigenvalue weighted by atomic mass is 9.82. The summed E-state index contributed by atoms with van der Waals surface area (Å²) in [5.41, 5.74) is 1.41. The number of benzene rings is 2. The van der Waals surface area contributed by atoms with Crippen molar-refractivity contribution in [2.75, 3.05) is 0 Å². The van der Waals surface area contributed by atoms with Gasteiger partial charge >= 0.3 is 0 Å². The van der Waals surface area contributed by atoms with E-state index in [1.54, 1.807) is 0 Å². The van der Waals surface area contributed by atoms with Crippen molar-refractivity contribution in [3.8, 4) is 5.75 Å². The molecule has 2 rings (SSSR count). The number of phenols is 1. The van der Waals surface area contributed by atoms with Crippen LogP contribution in [0.1, 0.15) is 43.6 Å². The van der Waals surface area contributed by atoms with Crippen LogP contribution in [0.15, 0.2) is 30.3 Å². The van der Waals surface area contributed by atoms with Crippen LogP contribution in [0.4, 0.5) is 0 Å². The maximum Gasteiger partial charge on any atom is 0.163 e. The van der Waals surface area contributed by atoms with Crippen molar-refractivity contribution in [2.45, 2.75) is 33.1 Å². The highest BCUT2D eigenvalue weighted by atomic mass is 16.3. The van der Waals surface area contributed by atoms with Crippen LogP contribution in [-0.4, -0.2) is 10.9 Å². The van der Waals surface area contributed by atoms with Crippen LogP contribution >= 0.6 is 0 Å². The molecule has 0 unspecified atom stereocenters. The van der Waals surface area contributed by atoms with Crippen LogP contribution in [0.25, 0.3) is 10.8 Å². The fourth-order valence-electron chi connectivity index (χ4n) is 2.25. The second-order valence-electron chi connectivity index (χ2n) is 5.67. The fraction of sp³-hybridized carbons (Fsp3) is 0.312. The average molecular weight is 242 g/mol. The van der Waals surface area contributed by atoms with E-state index < -0.39 is 0 Å². The molecule has 0 aliphatic heterocycles. The number of fused-ring (bicyclic) bond motifs is 1. The summed E-state index contributed by atoms with van der Waals surface area (Å²) >= 11 is 0. The first kappa shape index (κ1) is 12.6. The summed E-state index contributed by atoms with van der Waals surface area (Å²) in [7, 11) is 0. The highest BCUT2D eigenvalue weighted by molar-refractivity contribution is 6.05. The lowest BCUT2D eigenvalue weighted by Crippen LogP contribution is -2.13. The molecule has 0 aliphatic rings. The van der Waals surface area contributed by atoms with E-state index in [2.05, 4.69) is 20.8 Å². The standard InChI is InChI=1S/C16H18O2/c1-10(17)13-9-14(16(2,3)4)11-7-5-6-8-12(11)15(13)18/h5-9,18H,1-4H3. The average Bonchev–Trinajstić information content (AvgIpc) is 2.27. The first-order chi connectivity index (χ1) is 8.32. The van der Waals surface area contributed by atoms with Crippen LogP contribution in [0, 0.1) is 0 Å². The van der Waals surface area contributed by atoms with E-state index >= 15 is 0 Å². The third-order valence-corrected chi connectivity index (χ3v) is 3.20. The molecule has 0 bridgehead atoms. The van der Waals surface area contributed by atoms with Gasteiger partial charge in [0.1, 0.15) is 5.75 Å². The molecule has 18 heavy (non-hydrogen) atoms. The van der Waals surface area contributed by atoms with E-state index in [0.29, 0.717) is 5.56 Å². The third-order valence-electron chi connectivity index (χ3n) is 3.20. The molecule has 0 fully saturated rings. The molecule has 0 atom stereocenters. The molecule has 0 heterocycles. The molecule has 1 N–H and O–H groups in total. The van der Waals surface area contributed by atoms with Crippen molar-refractivity contribution in [1.82, 2.24) is 0 Å². The first-order valence-corrected chi connectivity index (χ1v) is 6.08. The summed E-state index contributed by atoms with van der Waals surface area (Å²) in [5, 5.41) is 11.9. The zero-order chi connectivity index (χ0) is 13.5. The molecule has 94 valence electrons. The summed E-state index contributed by atoms with van der Waals surface area (Å²) in [6.45, 7) is 7.80. The minimum Gasteiger partial charge on any atom is -0.507 e. The fourth-order valence-corrected chi connectivity index (χ4v) is 2.25. The van der Waals surface area contributed by atoms with E-state index in [0.717, 1.165) is 16.3 Å². The van der Waals surface area contributed by atoms with Gasteiger partial charge in [-0.3, -0.25) is 4.79 Å². The van der Waals surface area contributed by atoms with Crippen LogP contribution < -0.4 is 0 Å². The van der Waals surface area contributed by atoms with Gasteiger partial charge in [-0.05, 0) is 29.4 Å². The van der Waals surface area contributed by atoms with Gasteiger partial charge in [0.15, 0.2) is 5.78 Å². The van der Waals surface area contributed by atoms with Gasteiger partial charge in [-0.15, -0.1) is 0 Å². The Bertz CT molecular complexity index is 619. The summed E-state index contributed by atoms with van der Waals surface area (Å²) in [4.78, 5) is 11.6. The third kappa shape index (κ3) is 1.99. The zero-order valence-electron chi connectivity index (χ0n) is 11.2. The summed E-state index contributed by atoms with van der Waals surface area (Å²) in [6, 6.07) is 9.48. The molecule has 2 heteroatoms. The second-order valence-corrected chi connectivity index (χ2v) is 5.67. The number of rotatable bonds is 1. The molecule has 0 spiro atoms. The molecule has 0 amide bonds. The van der Waals surface area contributed by atoms with E-state index in [-0.39, 0.29) is 16.9 Å². The molecule has 2 aromatic rings. The molecule has 2 aromatic carbocycles. The molecule has 0 aliphatic carbocycles. The Morgan fingerprint density at radius 3 is 2.17 bits per heavy atom. The number of Topliss-reactive ketones (excluding diaryl/α,β-unsaturated/α-hetero) is 1. The lowest BCUT2D eigenvalue weighted by molar-refractivity contribution is 0.101. The molecular weight excluding hydrogens is 224 g/mol. The maximum absolute atomic E-state index is 11.6. The quantitative estimate of drug-likeness (QED) is 0.766. The predicted molar refractivity (Wildman–Crippen MR) is 74.3 cm³/mol. The Hall–Kier alpha value is -1.83. The van der Waals surface area contributed by atoms with Crippen molar-refractivity contribution in [3.05, 3.63) is 41.5 Å². The Morgan fingerprint density at radius 1 is 1.11 bits per heavy atom. The molecule has 0 radical (unpaired) electrons. The number of phenolic OH excluding ortho intramolecular Hbond substituents is 1. The van der Waals surface area contributed by atoms with Crippen LogP contribution in [0.3, 0.4) is 0 Å². The first-order valence-electron chi connectivity index (χ1n) is 6.08. The normalized spacial score (nSPS) is 11.8. The van der Waals surface area contributed by atoms with Crippen LogP contribution in [0.2, 0.25) is 0 Å². The van der Waals surface area contributed by atoms with Crippen molar-refractivity contribution < 1.29 is 9.90 Å². The topological polar surface area (TPSA) is 37.3 Å². The van der Waals surface area contributed by atoms with Gasteiger partial charge in [0, 0.05) is 5.39 Å². The number of hydrogen-bond donors (Lipinski definition) is 1. The monoisotopic (exact) mass is 242 g/mol. The summed E-state index contributed by atoms with van der Waals surface area (Å²) < 4.78 is 0. The van der Waals surface area contributed by atoms with E-state index in [9.17, 15) is 9.90 Å². The lowest BCUT2D eigenvalue weighted by Gasteiger charge is -2.23. The van der Waals surface area contributed by atoms with Gasteiger partial charge in [0.2, 0.25) is 0 Å². The minimum absolute atomic E-state index is 0.0719. The highest BCUT2D eigenvalue weighted by Gasteiger charge is 2.21. The number of aromatic hydroxyl groups is 1. The molecule has 0 saturated heterocycles. The number of hydrogen-bond acceptors (Lipinski definition) is 2. The minimum atomic E-state index is -0.108. The second kappa shape index (κ2) is 4.13. The van der Waals surface area contributed by atoms with Crippen LogP contribution in [-0.2, 0) is 5.41 Å². The van der Waals surface area contributed by atoms with E-state index in [1.165, 1.54) is 6.92 Å². The van der Waals surface area contributed by atoms with Gasteiger partial charge in [0.05, 0.1) is 5.56 Å². The number of carbonyl (C=O) groups excluding carboxylic acids is 1. The van der Waals surface area contributed by atoms with E-state index in [4.69, 9.17) is 0 Å². The summed E-state index contributed by atoms with van der Waals surface area (Å²) in [5.74, 6) is -0.0187. The van der Waals surface area contributed by atoms with Gasteiger partial charge in [-0.25, -0.2) is 0 Å². The maximum atomic E-state index is 11.6. The van der Waals surface area contributed by atoms with Crippen LogP contribution in [0.5, 0.6) is 5.75 Å². The van der Waals surface area contributed by atoms with Crippen molar-refractivity contribution in [1.29, 1.82) is 0 Å². The Kier molecular flexibility index (Phi) is 2.89. The Balaban J connectivity index is 2.94. The van der Waals surface area contributed by atoms with Crippen molar-refractivity contribution >= 4 is 16.6 Å². The number of carbonyl (C=O) groups is 1. The molecule has 0 aromatic heterocycles. The highest BCUT2D eigenvalue weighted by Crippen LogP contribution is 2.37. The SMILES string of the molecule is CC(=O)c1cc(C(C)(C)C)c2ccccc2c1O. The molecule has 0 saturated carbocycles. The van der Waals surface area contributed by atoms with Gasteiger partial charge in [-0.2, -0.15) is 0 Å². The largest absolute Gasteiger partial charge is 0.507 e. The summed E-state index contributed by atoms with van der Waals surface area (Å²) in [6.07, 6.45) is 0. The number of ketones is 1.